The van der Waals surface area contributed by atoms with Crippen LogP contribution in [0.25, 0.3) is 0 Å². The van der Waals surface area contributed by atoms with Crippen molar-refractivity contribution in [2.24, 2.45) is 0 Å². The van der Waals surface area contributed by atoms with Crippen molar-refractivity contribution in [3.63, 3.8) is 0 Å². The van der Waals surface area contributed by atoms with Gasteiger partial charge in [-0.25, -0.2) is 4.79 Å². The van der Waals surface area contributed by atoms with Crippen molar-refractivity contribution in [3.05, 3.63) is 29.8 Å². The number of nitrogens with zero attached hydrogens (tertiary/aromatic N) is 2. The van der Waals surface area contributed by atoms with Gasteiger partial charge in [0.15, 0.2) is 0 Å². The first kappa shape index (κ1) is 18.9. The van der Waals surface area contributed by atoms with Gasteiger partial charge in [0.1, 0.15) is 0 Å². The molecule has 0 atom stereocenters. The lowest BCUT2D eigenvalue weighted by Crippen LogP contribution is -2.44. The first-order valence-corrected chi connectivity index (χ1v) is 8.31. The SMILES string of the molecule is COC(=O)c1ccc(NC(=O)CN(CCC#N)C2CCOCC2)cc1. The predicted molar refractivity (Wildman–Crippen MR) is 92.1 cm³/mol. The van der Waals surface area contributed by atoms with Crippen LogP contribution in [-0.2, 0) is 14.3 Å². The number of carbonyl (C=O) groups is 2. The number of anilines is 1. The van der Waals surface area contributed by atoms with Crippen molar-refractivity contribution in [2.75, 3.05) is 38.7 Å². The monoisotopic (exact) mass is 345 g/mol. The van der Waals surface area contributed by atoms with Crippen LogP contribution >= 0.6 is 0 Å². The number of nitriles is 1. The van der Waals surface area contributed by atoms with Gasteiger partial charge in [0.05, 0.1) is 25.3 Å². The van der Waals surface area contributed by atoms with Crippen molar-refractivity contribution in [1.29, 1.82) is 5.26 Å². The number of benzene rings is 1. The van der Waals surface area contributed by atoms with Crippen LogP contribution < -0.4 is 5.32 Å². The van der Waals surface area contributed by atoms with Gasteiger partial charge in [0.2, 0.25) is 5.91 Å². The quantitative estimate of drug-likeness (QED) is 0.758. The smallest absolute Gasteiger partial charge is 0.337 e. The zero-order valence-electron chi connectivity index (χ0n) is 14.4. The van der Waals surface area contributed by atoms with E-state index in [1.165, 1.54) is 7.11 Å². The molecule has 7 nitrogen and oxygen atoms in total. The second-order valence-corrected chi connectivity index (χ2v) is 5.84. The van der Waals surface area contributed by atoms with E-state index in [0.29, 0.717) is 37.4 Å². The molecular formula is C18H23N3O4. The van der Waals surface area contributed by atoms with Crippen molar-refractivity contribution in [2.45, 2.75) is 25.3 Å². The van der Waals surface area contributed by atoms with E-state index in [1.807, 2.05) is 4.90 Å². The van der Waals surface area contributed by atoms with Gasteiger partial charge in [-0.2, -0.15) is 5.26 Å². The lowest BCUT2D eigenvalue weighted by atomic mass is 10.1. The Kier molecular flexibility index (Phi) is 7.38. The summed E-state index contributed by atoms with van der Waals surface area (Å²) in [6, 6.07) is 8.93. The van der Waals surface area contributed by atoms with Gasteiger partial charge in [-0.1, -0.05) is 0 Å². The fourth-order valence-corrected chi connectivity index (χ4v) is 2.83. The van der Waals surface area contributed by atoms with Gasteiger partial charge in [-0.15, -0.1) is 0 Å². The summed E-state index contributed by atoms with van der Waals surface area (Å²) >= 11 is 0. The third kappa shape index (κ3) is 5.85. The molecule has 7 heteroatoms. The van der Waals surface area contributed by atoms with Gasteiger partial charge in [0, 0.05) is 37.9 Å². The topological polar surface area (TPSA) is 91.7 Å². The normalized spacial score (nSPS) is 14.8. The highest BCUT2D eigenvalue weighted by atomic mass is 16.5. The van der Waals surface area contributed by atoms with E-state index >= 15 is 0 Å². The Morgan fingerprint density at radius 3 is 2.60 bits per heavy atom. The second kappa shape index (κ2) is 9.77. The zero-order valence-corrected chi connectivity index (χ0v) is 14.4. The molecule has 0 bridgehead atoms. The maximum Gasteiger partial charge on any atom is 0.337 e. The third-order valence-corrected chi connectivity index (χ3v) is 4.15. The number of esters is 1. The predicted octanol–water partition coefficient (Wildman–Crippen LogP) is 1.81. The molecule has 1 N–H and O–H groups in total. The van der Waals surface area contributed by atoms with E-state index in [0.717, 1.165) is 12.8 Å². The van der Waals surface area contributed by atoms with Gasteiger partial charge >= 0.3 is 5.97 Å². The van der Waals surface area contributed by atoms with Crippen LogP contribution in [0.4, 0.5) is 5.69 Å². The molecule has 1 heterocycles. The Labute approximate surface area is 147 Å². The minimum Gasteiger partial charge on any atom is -0.465 e. The number of hydrogen-bond donors (Lipinski definition) is 1. The molecule has 1 fully saturated rings. The molecule has 0 aliphatic carbocycles. The van der Waals surface area contributed by atoms with Crippen LogP contribution in [0.15, 0.2) is 24.3 Å². The average molecular weight is 345 g/mol. The molecule has 1 aromatic carbocycles. The molecule has 1 aromatic rings. The molecule has 1 aliphatic rings. The van der Waals surface area contributed by atoms with Crippen LogP contribution in [0.3, 0.4) is 0 Å². The van der Waals surface area contributed by atoms with Gasteiger partial charge < -0.3 is 14.8 Å². The minimum absolute atomic E-state index is 0.143. The first-order valence-electron chi connectivity index (χ1n) is 8.31. The number of methoxy groups -OCH3 is 1. The van der Waals surface area contributed by atoms with E-state index in [9.17, 15) is 9.59 Å². The van der Waals surface area contributed by atoms with Crippen molar-refractivity contribution >= 4 is 17.6 Å². The van der Waals surface area contributed by atoms with Gasteiger partial charge in [-0.3, -0.25) is 9.69 Å². The molecule has 0 saturated carbocycles. The molecule has 0 unspecified atom stereocenters. The number of hydrogen-bond acceptors (Lipinski definition) is 6. The highest BCUT2D eigenvalue weighted by molar-refractivity contribution is 5.94. The molecule has 134 valence electrons. The fourth-order valence-electron chi connectivity index (χ4n) is 2.83. The van der Waals surface area contributed by atoms with Crippen LogP contribution in [0, 0.1) is 11.3 Å². The van der Waals surface area contributed by atoms with Crippen LogP contribution in [0.5, 0.6) is 0 Å². The Bertz CT molecular complexity index is 618. The standard InChI is InChI=1S/C18H23N3O4/c1-24-18(23)14-3-5-15(6-4-14)20-17(22)13-21(10-2-9-19)16-7-11-25-12-8-16/h3-6,16H,2,7-8,10-13H2,1H3,(H,20,22). The first-order chi connectivity index (χ1) is 12.1. The zero-order chi connectivity index (χ0) is 18.1. The molecule has 0 radical (unpaired) electrons. The molecular weight excluding hydrogens is 322 g/mol. The minimum atomic E-state index is -0.417. The van der Waals surface area contributed by atoms with Crippen molar-refractivity contribution in [3.8, 4) is 6.07 Å². The largest absolute Gasteiger partial charge is 0.465 e. The van der Waals surface area contributed by atoms with E-state index in [-0.39, 0.29) is 18.5 Å². The average Bonchev–Trinajstić information content (AvgIpc) is 2.65. The molecule has 0 aromatic heterocycles. The maximum absolute atomic E-state index is 12.3. The number of rotatable bonds is 7. The summed E-state index contributed by atoms with van der Waals surface area (Å²) in [5, 5.41) is 11.7. The second-order valence-electron chi connectivity index (χ2n) is 5.84. The number of carbonyl (C=O) groups excluding carboxylic acids is 2. The number of amides is 1. The molecule has 0 spiro atoms. The molecule has 1 saturated heterocycles. The van der Waals surface area contributed by atoms with E-state index in [2.05, 4.69) is 16.1 Å². The van der Waals surface area contributed by atoms with Crippen molar-refractivity contribution < 1.29 is 19.1 Å². The fraction of sp³-hybridized carbons (Fsp3) is 0.500. The number of ether oxygens (including phenoxy) is 2. The summed E-state index contributed by atoms with van der Waals surface area (Å²) < 4.78 is 10.0. The van der Waals surface area contributed by atoms with E-state index in [4.69, 9.17) is 10.00 Å². The summed E-state index contributed by atoms with van der Waals surface area (Å²) in [4.78, 5) is 25.8. The summed E-state index contributed by atoms with van der Waals surface area (Å²) in [7, 11) is 1.32. The Morgan fingerprint density at radius 1 is 1.32 bits per heavy atom. The summed E-state index contributed by atoms with van der Waals surface area (Å²) in [5.74, 6) is -0.560. The highest BCUT2D eigenvalue weighted by Crippen LogP contribution is 2.15. The Balaban J connectivity index is 1.93. The van der Waals surface area contributed by atoms with Crippen LogP contribution in [0.1, 0.15) is 29.6 Å². The molecule has 1 aliphatic heterocycles. The third-order valence-electron chi connectivity index (χ3n) is 4.15. The molecule has 2 rings (SSSR count). The van der Waals surface area contributed by atoms with Crippen LogP contribution in [-0.4, -0.2) is 56.2 Å². The lowest BCUT2D eigenvalue weighted by Gasteiger charge is -2.33. The highest BCUT2D eigenvalue weighted by Gasteiger charge is 2.23. The molecule has 25 heavy (non-hydrogen) atoms. The summed E-state index contributed by atoms with van der Waals surface area (Å²) in [5.41, 5.74) is 1.04. The van der Waals surface area contributed by atoms with Crippen molar-refractivity contribution in [1.82, 2.24) is 4.90 Å². The van der Waals surface area contributed by atoms with E-state index < -0.39 is 5.97 Å². The lowest BCUT2D eigenvalue weighted by molar-refractivity contribution is -0.118. The Morgan fingerprint density at radius 2 is 2.00 bits per heavy atom. The number of nitrogens with one attached hydrogen (secondary N) is 1. The van der Waals surface area contributed by atoms with E-state index in [1.54, 1.807) is 24.3 Å². The van der Waals surface area contributed by atoms with Crippen LogP contribution in [0.2, 0.25) is 0 Å². The molecule has 1 amide bonds. The Hall–Kier alpha value is -2.43. The van der Waals surface area contributed by atoms with Gasteiger partial charge in [-0.05, 0) is 37.1 Å². The van der Waals surface area contributed by atoms with Gasteiger partial charge in [0.25, 0.3) is 0 Å². The summed E-state index contributed by atoms with van der Waals surface area (Å²) in [6.07, 6.45) is 2.12. The summed E-state index contributed by atoms with van der Waals surface area (Å²) in [6.45, 7) is 2.16. The maximum atomic E-state index is 12.3.